The van der Waals surface area contributed by atoms with E-state index in [1.807, 2.05) is 23.1 Å². The fourth-order valence-corrected chi connectivity index (χ4v) is 5.29. The lowest BCUT2D eigenvalue weighted by molar-refractivity contribution is 0.0713. The number of benzene rings is 3. The van der Waals surface area contributed by atoms with Gasteiger partial charge in [0.2, 0.25) is 0 Å². The van der Waals surface area contributed by atoms with E-state index in [1.54, 1.807) is 24.3 Å². The van der Waals surface area contributed by atoms with E-state index < -0.39 is 23.1 Å². The highest BCUT2D eigenvalue weighted by Gasteiger charge is 2.28. The van der Waals surface area contributed by atoms with Crippen LogP contribution >= 0.6 is 0 Å². The van der Waals surface area contributed by atoms with Crippen molar-refractivity contribution in [2.24, 2.45) is 0 Å². The minimum absolute atomic E-state index is 0.0670. The molecule has 3 aromatic carbocycles. The van der Waals surface area contributed by atoms with Gasteiger partial charge in [0.15, 0.2) is 28.9 Å². The number of hydrogen-bond donors (Lipinski definition) is 1. The van der Waals surface area contributed by atoms with Gasteiger partial charge in [-0.15, -0.1) is 0 Å². The van der Waals surface area contributed by atoms with Crippen molar-refractivity contribution in [3.05, 3.63) is 88.0 Å². The average molecular weight is 535 g/mol. The highest BCUT2D eigenvalue weighted by molar-refractivity contribution is 6.05. The summed E-state index contributed by atoms with van der Waals surface area (Å²) < 4.78 is 39.1. The van der Waals surface area contributed by atoms with Gasteiger partial charge in [0.25, 0.3) is 11.8 Å². The van der Waals surface area contributed by atoms with Gasteiger partial charge >= 0.3 is 0 Å². The predicted molar refractivity (Wildman–Crippen MR) is 141 cm³/mol. The number of Topliss-reactive ketones (excluding diaryl/α,β-unsaturated/α-hetero) is 1. The highest BCUT2D eigenvalue weighted by Crippen LogP contribution is 2.33. The van der Waals surface area contributed by atoms with Crippen molar-refractivity contribution in [3.8, 4) is 11.5 Å². The largest absolute Gasteiger partial charge is 0.494 e. The Hall–Kier alpha value is -4.27. The number of carbonyl (C=O) groups excluding carboxylic acids is 3. The number of fused-ring (bicyclic) bond motifs is 1. The number of nitrogens with one attached hydrogen (secondary N) is 1. The molecular formula is C30H28F2N2O5. The molecule has 0 aromatic heterocycles. The molecule has 1 aliphatic heterocycles. The Morgan fingerprint density at radius 1 is 0.897 bits per heavy atom. The lowest BCUT2D eigenvalue weighted by atomic mass is 9.89. The quantitative estimate of drug-likeness (QED) is 0.459. The van der Waals surface area contributed by atoms with Crippen LogP contribution in [0.25, 0.3) is 0 Å². The first-order chi connectivity index (χ1) is 18.8. The summed E-state index contributed by atoms with van der Waals surface area (Å²) in [6.45, 7) is 1.17. The van der Waals surface area contributed by atoms with E-state index in [2.05, 4.69) is 5.32 Å². The maximum atomic E-state index is 14.7. The van der Waals surface area contributed by atoms with Crippen molar-refractivity contribution in [2.75, 3.05) is 32.6 Å². The molecule has 1 heterocycles. The zero-order valence-corrected chi connectivity index (χ0v) is 21.7. The van der Waals surface area contributed by atoms with E-state index >= 15 is 0 Å². The normalized spacial score (nSPS) is 15.2. The third-order valence-corrected chi connectivity index (χ3v) is 7.50. The van der Waals surface area contributed by atoms with Crippen molar-refractivity contribution >= 4 is 23.3 Å². The molecular weight excluding hydrogens is 506 g/mol. The number of nitrogens with zero attached hydrogens (tertiary/aromatic N) is 1. The number of ether oxygens (including phenoxy) is 2. The second-order valence-electron chi connectivity index (χ2n) is 9.72. The monoisotopic (exact) mass is 534 g/mol. The highest BCUT2D eigenvalue weighted by atomic mass is 19.1. The molecule has 7 nitrogen and oxygen atoms in total. The van der Waals surface area contributed by atoms with Crippen LogP contribution in [0, 0.1) is 11.6 Å². The number of likely N-dealkylation sites (tertiary alicyclic amines) is 1. The molecule has 1 saturated heterocycles. The van der Waals surface area contributed by atoms with E-state index in [1.165, 1.54) is 14.2 Å². The number of amides is 2. The Balaban J connectivity index is 1.22. The predicted octanol–water partition coefficient (Wildman–Crippen LogP) is 5.38. The maximum absolute atomic E-state index is 14.7. The lowest BCUT2D eigenvalue weighted by Crippen LogP contribution is -2.38. The minimum Gasteiger partial charge on any atom is -0.494 e. The number of anilines is 1. The molecule has 2 amide bonds. The average Bonchev–Trinajstić information content (AvgIpc) is 3.33. The molecule has 1 aliphatic carbocycles. The van der Waals surface area contributed by atoms with E-state index in [0.717, 1.165) is 36.5 Å². The minimum atomic E-state index is -1.11. The van der Waals surface area contributed by atoms with Gasteiger partial charge in [-0.3, -0.25) is 14.4 Å². The van der Waals surface area contributed by atoms with Crippen LogP contribution < -0.4 is 14.8 Å². The van der Waals surface area contributed by atoms with Crippen LogP contribution in [-0.4, -0.2) is 49.8 Å². The van der Waals surface area contributed by atoms with Crippen molar-refractivity contribution in [1.82, 2.24) is 4.90 Å². The first kappa shape index (κ1) is 26.3. The van der Waals surface area contributed by atoms with E-state index in [9.17, 15) is 23.2 Å². The molecule has 0 saturated carbocycles. The van der Waals surface area contributed by atoms with Crippen LogP contribution in [0.15, 0.2) is 48.5 Å². The Labute approximate surface area is 224 Å². The molecule has 39 heavy (non-hydrogen) atoms. The molecule has 0 radical (unpaired) electrons. The zero-order valence-electron chi connectivity index (χ0n) is 21.7. The second-order valence-corrected chi connectivity index (χ2v) is 9.72. The fraction of sp³-hybridized carbons (Fsp3) is 0.300. The molecule has 0 unspecified atom stereocenters. The Bertz CT molecular complexity index is 1420. The van der Waals surface area contributed by atoms with Gasteiger partial charge < -0.3 is 19.7 Å². The third-order valence-electron chi connectivity index (χ3n) is 7.50. The van der Waals surface area contributed by atoms with Gasteiger partial charge in [-0.05, 0) is 60.6 Å². The molecule has 3 aromatic rings. The van der Waals surface area contributed by atoms with Crippen LogP contribution in [-0.2, 0) is 6.42 Å². The summed E-state index contributed by atoms with van der Waals surface area (Å²) in [6.07, 6.45) is 2.77. The van der Waals surface area contributed by atoms with E-state index in [4.69, 9.17) is 9.47 Å². The van der Waals surface area contributed by atoms with E-state index in [0.29, 0.717) is 36.3 Å². The first-order valence-electron chi connectivity index (χ1n) is 12.8. The van der Waals surface area contributed by atoms with Crippen LogP contribution in [0.4, 0.5) is 14.5 Å². The van der Waals surface area contributed by atoms with Gasteiger partial charge in [-0.1, -0.05) is 18.2 Å². The fourth-order valence-electron chi connectivity index (χ4n) is 5.29. The van der Waals surface area contributed by atoms with Crippen molar-refractivity contribution < 1.29 is 32.6 Å². The summed E-state index contributed by atoms with van der Waals surface area (Å²) in [4.78, 5) is 39.6. The van der Waals surface area contributed by atoms with Crippen LogP contribution in [0.3, 0.4) is 0 Å². The molecule has 1 fully saturated rings. The number of ketones is 1. The molecule has 1 N–H and O–H groups in total. The van der Waals surface area contributed by atoms with Gasteiger partial charge in [0.1, 0.15) is 5.56 Å². The Morgan fingerprint density at radius 2 is 1.54 bits per heavy atom. The number of rotatable bonds is 6. The molecule has 202 valence electrons. The van der Waals surface area contributed by atoms with Gasteiger partial charge in [-0.2, -0.15) is 0 Å². The number of piperidine rings is 1. The van der Waals surface area contributed by atoms with Crippen molar-refractivity contribution in [1.29, 1.82) is 0 Å². The third kappa shape index (κ3) is 5.08. The Kier molecular flexibility index (Phi) is 7.32. The molecule has 0 spiro atoms. The van der Waals surface area contributed by atoms with Crippen LogP contribution in [0.5, 0.6) is 11.5 Å². The first-order valence-corrected chi connectivity index (χ1v) is 12.8. The summed E-state index contributed by atoms with van der Waals surface area (Å²) in [6, 6.07) is 13.5. The smallest absolute Gasteiger partial charge is 0.261 e. The molecule has 2 aliphatic rings. The molecule has 0 bridgehead atoms. The zero-order chi connectivity index (χ0) is 27.7. The van der Waals surface area contributed by atoms with Crippen LogP contribution in [0.2, 0.25) is 0 Å². The summed E-state index contributed by atoms with van der Waals surface area (Å²) in [7, 11) is 2.43. The van der Waals surface area contributed by atoms with Crippen molar-refractivity contribution in [3.63, 3.8) is 0 Å². The van der Waals surface area contributed by atoms with E-state index in [-0.39, 0.29) is 29.1 Å². The summed E-state index contributed by atoms with van der Waals surface area (Å²) >= 11 is 0. The summed E-state index contributed by atoms with van der Waals surface area (Å²) in [5.74, 6) is -3.55. The maximum Gasteiger partial charge on any atom is 0.261 e. The lowest BCUT2D eigenvalue weighted by Gasteiger charge is -2.32. The molecule has 0 atom stereocenters. The molecule has 5 rings (SSSR count). The van der Waals surface area contributed by atoms with Gasteiger partial charge in [0, 0.05) is 42.4 Å². The number of carbonyl (C=O) groups is 3. The number of hydrogen-bond acceptors (Lipinski definition) is 5. The standard InChI is InChI=1S/C30H28F2N2O5/c1-38-24-16-25(39-2)28(32)26(27(24)31)29(36)33-21-8-5-17(6-9-21)18-11-13-34(14-12-18)30(37)20-4-3-19-7-10-23(35)22(19)15-20/h3-6,8-9,15-16,18H,7,10-14H2,1-2H3,(H,33,36). The van der Waals surface area contributed by atoms with Gasteiger partial charge in [0.05, 0.1) is 14.2 Å². The summed E-state index contributed by atoms with van der Waals surface area (Å²) in [5.41, 5.74) is 2.85. The number of aryl methyl sites for hydroxylation is 1. The Morgan fingerprint density at radius 3 is 2.15 bits per heavy atom. The number of halogens is 2. The second kappa shape index (κ2) is 10.8. The topological polar surface area (TPSA) is 84.9 Å². The van der Waals surface area contributed by atoms with Crippen LogP contribution in [0.1, 0.15) is 67.4 Å². The van der Waals surface area contributed by atoms with Crippen molar-refractivity contribution in [2.45, 2.75) is 31.6 Å². The number of methoxy groups -OCH3 is 2. The van der Waals surface area contributed by atoms with Gasteiger partial charge in [-0.25, -0.2) is 8.78 Å². The SMILES string of the molecule is COc1cc(OC)c(F)c(C(=O)Nc2ccc(C3CCN(C(=O)c4ccc5c(c4)C(=O)CC5)CC3)cc2)c1F. The summed E-state index contributed by atoms with van der Waals surface area (Å²) in [5, 5.41) is 2.53. The molecule has 9 heteroatoms.